The number of esters is 1. The molecular weight excluding hydrogens is 370 g/mol. The lowest BCUT2D eigenvalue weighted by Crippen LogP contribution is -2.53. The van der Waals surface area contributed by atoms with E-state index in [0.717, 1.165) is 25.7 Å². The quantitative estimate of drug-likeness (QED) is 0.177. The number of aliphatic hydroxyl groups is 3. The molecule has 174 valence electrons. The maximum atomic E-state index is 11.7. The summed E-state index contributed by atoms with van der Waals surface area (Å²) >= 11 is 0. The van der Waals surface area contributed by atoms with Crippen LogP contribution in [0.3, 0.4) is 0 Å². The minimum absolute atomic E-state index is 0.219. The van der Waals surface area contributed by atoms with Gasteiger partial charge in [0.2, 0.25) is 0 Å². The van der Waals surface area contributed by atoms with Crippen LogP contribution in [0.5, 0.6) is 0 Å². The average molecular weight is 418 g/mol. The van der Waals surface area contributed by atoms with Crippen LogP contribution in [0.15, 0.2) is 0 Å². The second-order valence-corrected chi connectivity index (χ2v) is 8.28. The molecule has 0 radical (unpaired) electrons. The molecule has 0 aromatic rings. The summed E-state index contributed by atoms with van der Waals surface area (Å²) in [7, 11) is 0. The van der Waals surface area contributed by atoms with Crippen molar-refractivity contribution in [1.82, 2.24) is 0 Å². The van der Waals surface area contributed by atoms with Gasteiger partial charge in [0.05, 0.1) is 24.9 Å². The molecule has 0 aliphatic rings. The predicted molar refractivity (Wildman–Crippen MR) is 118 cm³/mol. The Morgan fingerprint density at radius 1 is 0.759 bits per heavy atom. The first kappa shape index (κ1) is 28.3. The summed E-state index contributed by atoms with van der Waals surface area (Å²) in [6.07, 6.45) is 12.7. The number of ether oxygens (including phenoxy) is 1. The average Bonchev–Trinajstić information content (AvgIpc) is 2.72. The second kappa shape index (κ2) is 19.3. The predicted octanol–water partition coefficient (Wildman–Crippen LogP) is 3.83. The van der Waals surface area contributed by atoms with Crippen molar-refractivity contribution < 1.29 is 24.9 Å². The molecule has 0 saturated carbocycles. The van der Waals surface area contributed by atoms with Gasteiger partial charge in [-0.2, -0.15) is 0 Å². The summed E-state index contributed by atoms with van der Waals surface area (Å²) < 4.78 is 4.91. The monoisotopic (exact) mass is 417 g/mol. The Morgan fingerprint density at radius 2 is 1.21 bits per heavy atom. The Hall–Kier alpha value is -0.690. The van der Waals surface area contributed by atoms with Gasteiger partial charge in [0.25, 0.3) is 0 Å². The Kier molecular flexibility index (Phi) is 18.8. The Labute approximate surface area is 178 Å². The maximum Gasteiger partial charge on any atom is 0.336 e. The van der Waals surface area contributed by atoms with E-state index in [0.29, 0.717) is 12.8 Å². The Balaban J connectivity index is 3.74. The van der Waals surface area contributed by atoms with Crippen molar-refractivity contribution in [1.29, 1.82) is 0 Å². The lowest BCUT2D eigenvalue weighted by molar-refractivity contribution is -0.157. The Bertz CT molecular complexity index is 380. The highest BCUT2D eigenvalue weighted by atomic mass is 16.5. The molecule has 0 saturated heterocycles. The molecular formula is C23H47NO5. The first-order chi connectivity index (χ1) is 14.0. The lowest BCUT2D eigenvalue weighted by Gasteiger charge is -2.26. The number of carbonyl (C=O) groups is 1. The summed E-state index contributed by atoms with van der Waals surface area (Å²) in [6, 6.07) is -1.25. The fourth-order valence-corrected chi connectivity index (χ4v) is 3.37. The molecule has 1 unspecified atom stereocenters. The number of hydrogen-bond donors (Lipinski definition) is 4. The summed E-state index contributed by atoms with van der Waals surface area (Å²) in [5, 5.41) is 30.1. The van der Waals surface area contributed by atoms with E-state index in [-0.39, 0.29) is 6.61 Å². The third-order valence-corrected chi connectivity index (χ3v) is 5.49. The zero-order chi connectivity index (χ0) is 21.9. The molecule has 6 nitrogen and oxygen atoms in total. The van der Waals surface area contributed by atoms with E-state index in [9.17, 15) is 20.1 Å². The van der Waals surface area contributed by atoms with E-state index in [1.165, 1.54) is 57.8 Å². The molecule has 29 heavy (non-hydrogen) atoms. The van der Waals surface area contributed by atoms with Crippen LogP contribution in [0.1, 0.15) is 110 Å². The van der Waals surface area contributed by atoms with Crippen LogP contribution in [-0.4, -0.2) is 52.2 Å². The molecule has 0 rings (SSSR count). The van der Waals surface area contributed by atoms with Crippen LogP contribution < -0.4 is 5.73 Å². The summed E-state index contributed by atoms with van der Waals surface area (Å²) in [6.45, 7) is 4.42. The van der Waals surface area contributed by atoms with E-state index in [1.54, 1.807) is 0 Å². The standard InChI is InChI=1S/C23H47NO5/c1-3-5-7-8-9-10-11-12-13-14-15-16-17-19(25)21(26)20(24)22(27)23(28)29-18-6-4-2/h19-22,25-27H,3-18,24H2,1-2H3/t19-,20-,21-,22?/m1/s1. The Morgan fingerprint density at radius 3 is 1.69 bits per heavy atom. The molecule has 0 bridgehead atoms. The highest BCUT2D eigenvalue weighted by Crippen LogP contribution is 2.15. The smallest absolute Gasteiger partial charge is 0.336 e. The van der Waals surface area contributed by atoms with E-state index < -0.39 is 30.3 Å². The largest absolute Gasteiger partial charge is 0.464 e. The van der Waals surface area contributed by atoms with Gasteiger partial charge in [-0.3, -0.25) is 0 Å². The molecule has 6 heteroatoms. The highest BCUT2D eigenvalue weighted by molar-refractivity contribution is 5.75. The molecule has 0 aliphatic carbocycles. The van der Waals surface area contributed by atoms with Crippen molar-refractivity contribution in [2.24, 2.45) is 5.73 Å². The van der Waals surface area contributed by atoms with Gasteiger partial charge in [-0.05, 0) is 12.8 Å². The fourth-order valence-electron chi connectivity index (χ4n) is 3.37. The van der Waals surface area contributed by atoms with Crippen molar-refractivity contribution in [3.05, 3.63) is 0 Å². The van der Waals surface area contributed by atoms with Gasteiger partial charge in [-0.15, -0.1) is 0 Å². The van der Waals surface area contributed by atoms with Crippen LogP contribution in [0.4, 0.5) is 0 Å². The lowest BCUT2D eigenvalue weighted by atomic mass is 9.96. The number of aliphatic hydroxyl groups excluding tert-OH is 3. The molecule has 0 heterocycles. The minimum atomic E-state index is -1.63. The number of rotatable bonds is 20. The molecule has 4 atom stereocenters. The molecule has 0 spiro atoms. The van der Waals surface area contributed by atoms with Gasteiger partial charge in [0.15, 0.2) is 6.10 Å². The molecule has 0 amide bonds. The number of hydrogen-bond acceptors (Lipinski definition) is 6. The zero-order valence-electron chi connectivity index (χ0n) is 18.9. The van der Waals surface area contributed by atoms with E-state index in [2.05, 4.69) is 6.92 Å². The van der Waals surface area contributed by atoms with Crippen molar-refractivity contribution in [2.75, 3.05) is 6.61 Å². The number of unbranched alkanes of at least 4 members (excludes halogenated alkanes) is 12. The van der Waals surface area contributed by atoms with Gasteiger partial charge in [0, 0.05) is 0 Å². The number of carbonyl (C=O) groups excluding carboxylic acids is 1. The normalized spacial score (nSPS) is 15.7. The molecule has 0 aromatic carbocycles. The SMILES string of the molecule is CCCCCCCCCCCCCC[C@@H](O)[C@@H](O)[C@@H](N)C(O)C(=O)OCCCC. The highest BCUT2D eigenvalue weighted by Gasteiger charge is 2.33. The fraction of sp³-hybridized carbons (Fsp3) is 0.957. The van der Waals surface area contributed by atoms with Crippen LogP contribution in [0.2, 0.25) is 0 Å². The molecule has 0 aromatic heterocycles. The van der Waals surface area contributed by atoms with Gasteiger partial charge in [-0.1, -0.05) is 97.3 Å². The first-order valence-corrected chi connectivity index (χ1v) is 11.9. The van der Waals surface area contributed by atoms with E-state index in [1.807, 2.05) is 6.92 Å². The topological polar surface area (TPSA) is 113 Å². The van der Waals surface area contributed by atoms with Crippen LogP contribution in [0.25, 0.3) is 0 Å². The van der Waals surface area contributed by atoms with Crippen molar-refractivity contribution in [2.45, 2.75) is 135 Å². The third kappa shape index (κ3) is 14.9. The maximum absolute atomic E-state index is 11.7. The van der Waals surface area contributed by atoms with E-state index >= 15 is 0 Å². The zero-order valence-corrected chi connectivity index (χ0v) is 18.9. The van der Waals surface area contributed by atoms with Gasteiger partial charge >= 0.3 is 5.97 Å². The molecule has 0 fully saturated rings. The van der Waals surface area contributed by atoms with Gasteiger partial charge < -0.3 is 25.8 Å². The first-order valence-electron chi connectivity index (χ1n) is 11.9. The third-order valence-electron chi connectivity index (χ3n) is 5.49. The number of nitrogens with two attached hydrogens (primary N) is 1. The van der Waals surface area contributed by atoms with E-state index in [4.69, 9.17) is 10.5 Å². The van der Waals surface area contributed by atoms with Crippen LogP contribution in [-0.2, 0) is 9.53 Å². The minimum Gasteiger partial charge on any atom is -0.464 e. The van der Waals surface area contributed by atoms with Crippen LogP contribution in [0, 0.1) is 0 Å². The van der Waals surface area contributed by atoms with Gasteiger partial charge in [-0.25, -0.2) is 4.79 Å². The summed E-state index contributed by atoms with van der Waals surface area (Å²) in [5.41, 5.74) is 5.74. The molecule has 5 N–H and O–H groups in total. The van der Waals surface area contributed by atoms with Gasteiger partial charge in [0.1, 0.15) is 0 Å². The van der Waals surface area contributed by atoms with Crippen LogP contribution >= 0.6 is 0 Å². The summed E-state index contributed by atoms with van der Waals surface area (Å²) in [5.74, 6) is -0.845. The van der Waals surface area contributed by atoms with Crippen molar-refractivity contribution in [3.8, 4) is 0 Å². The van der Waals surface area contributed by atoms with Crippen molar-refractivity contribution in [3.63, 3.8) is 0 Å². The second-order valence-electron chi connectivity index (χ2n) is 8.28. The molecule has 0 aliphatic heterocycles. The van der Waals surface area contributed by atoms with Crippen molar-refractivity contribution >= 4 is 5.97 Å². The summed E-state index contributed by atoms with van der Waals surface area (Å²) in [4.78, 5) is 11.7.